The molecule has 0 aliphatic heterocycles. The van der Waals surface area contributed by atoms with E-state index < -0.39 is 29.7 Å². The van der Waals surface area contributed by atoms with E-state index in [4.69, 9.17) is 5.11 Å². The third kappa shape index (κ3) is 2.64. The number of carboxylic acid groups (broad SMARTS) is 1. The van der Waals surface area contributed by atoms with E-state index in [0.29, 0.717) is 12.8 Å². The van der Waals surface area contributed by atoms with Crippen LogP contribution in [0.5, 0.6) is 0 Å². The Morgan fingerprint density at radius 1 is 1.39 bits per heavy atom. The Balaban J connectivity index is 2.05. The Labute approximate surface area is 103 Å². The van der Waals surface area contributed by atoms with Crippen LogP contribution in [0.2, 0.25) is 0 Å². The van der Waals surface area contributed by atoms with Crippen molar-refractivity contribution in [3.8, 4) is 0 Å². The van der Waals surface area contributed by atoms with Gasteiger partial charge in [0.15, 0.2) is 0 Å². The van der Waals surface area contributed by atoms with Gasteiger partial charge in [0.05, 0.1) is 17.7 Å². The molecule has 2 rings (SSSR count). The number of nitrogens with zero attached hydrogens (tertiary/aromatic N) is 1. The Hall–Kier alpha value is -1.98. The fourth-order valence-corrected chi connectivity index (χ4v) is 2.22. The third-order valence-corrected chi connectivity index (χ3v) is 3.12. The van der Waals surface area contributed by atoms with E-state index in [0.717, 1.165) is 18.7 Å². The van der Waals surface area contributed by atoms with Gasteiger partial charge in [-0.05, 0) is 18.9 Å². The van der Waals surface area contributed by atoms with Crippen molar-refractivity contribution in [3.05, 3.63) is 29.8 Å². The lowest BCUT2D eigenvalue weighted by Gasteiger charge is -2.17. The number of carbonyl (C=O) groups excluding carboxylic acids is 1. The molecule has 6 heteroatoms. The molecule has 18 heavy (non-hydrogen) atoms. The molecule has 1 aliphatic rings. The van der Waals surface area contributed by atoms with Crippen LogP contribution in [0.15, 0.2) is 18.5 Å². The molecule has 1 fully saturated rings. The van der Waals surface area contributed by atoms with Crippen molar-refractivity contribution in [2.24, 2.45) is 5.92 Å². The lowest BCUT2D eigenvalue weighted by molar-refractivity contribution is -0.142. The Morgan fingerprint density at radius 2 is 2.17 bits per heavy atom. The van der Waals surface area contributed by atoms with Crippen LogP contribution in [0.25, 0.3) is 0 Å². The molecule has 96 valence electrons. The molecular formula is C12H13FN2O3. The number of carboxylic acids is 1. The highest BCUT2D eigenvalue weighted by molar-refractivity contribution is 5.94. The molecule has 2 atom stereocenters. The smallest absolute Gasteiger partial charge is 0.308 e. The van der Waals surface area contributed by atoms with Gasteiger partial charge in [0.1, 0.15) is 5.82 Å². The molecule has 1 aromatic heterocycles. The zero-order valence-electron chi connectivity index (χ0n) is 9.60. The quantitative estimate of drug-likeness (QED) is 0.847. The van der Waals surface area contributed by atoms with Crippen LogP contribution >= 0.6 is 0 Å². The number of hydrogen-bond acceptors (Lipinski definition) is 3. The number of hydrogen-bond donors (Lipinski definition) is 2. The van der Waals surface area contributed by atoms with Crippen molar-refractivity contribution in [1.29, 1.82) is 0 Å². The van der Waals surface area contributed by atoms with Gasteiger partial charge in [-0.15, -0.1) is 0 Å². The van der Waals surface area contributed by atoms with E-state index in [1.165, 1.54) is 6.20 Å². The van der Waals surface area contributed by atoms with Crippen molar-refractivity contribution in [2.75, 3.05) is 0 Å². The number of carbonyl (C=O) groups is 2. The number of halogens is 1. The van der Waals surface area contributed by atoms with Crippen LogP contribution in [0.1, 0.15) is 29.6 Å². The van der Waals surface area contributed by atoms with Crippen molar-refractivity contribution >= 4 is 11.9 Å². The molecule has 0 radical (unpaired) electrons. The van der Waals surface area contributed by atoms with E-state index in [1.807, 2.05) is 0 Å². The molecule has 5 nitrogen and oxygen atoms in total. The molecule has 0 saturated heterocycles. The maximum absolute atomic E-state index is 12.9. The van der Waals surface area contributed by atoms with Crippen LogP contribution < -0.4 is 5.32 Å². The SMILES string of the molecule is O=C(N[C@H]1CCC[C@H]1C(=O)O)c1cncc(F)c1. The highest BCUT2D eigenvalue weighted by Gasteiger charge is 2.34. The number of aromatic nitrogens is 1. The average Bonchev–Trinajstić information content (AvgIpc) is 2.77. The van der Waals surface area contributed by atoms with Gasteiger partial charge in [-0.25, -0.2) is 4.39 Å². The second kappa shape index (κ2) is 5.12. The third-order valence-electron chi connectivity index (χ3n) is 3.12. The Morgan fingerprint density at radius 3 is 2.83 bits per heavy atom. The van der Waals surface area contributed by atoms with Gasteiger partial charge in [-0.2, -0.15) is 0 Å². The van der Waals surface area contributed by atoms with Crippen molar-refractivity contribution in [2.45, 2.75) is 25.3 Å². The van der Waals surface area contributed by atoms with Crippen LogP contribution in [-0.2, 0) is 4.79 Å². The first kappa shape index (κ1) is 12.5. The number of amides is 1. The highest BCUT2D eigenvalue weighted by Crippen LogP contribution is 2.26. The first-order valence-corrected chi connectivity index (χ1v) is 5.72. The first-order chi connectivity index (χ1) is 8.58. The van der Waals surface area contributed by atoms with Crippen LogP contribution in [0.4, 0.5) is 4.39 Å². The van der Waals surface area contributed by atoms with Gasteiger partial charge in [0, 0.05) is 12.2 Å². The van der Waals surface area contributed by atoms with E-state index in [1.54, 1.807) is 0 Å². The summed E-state index contributed by atoms with van der Waals surface area (Å²) in [7, 11) is 0. The molecular weight excluding hydrogens is 239 g/mol. The monoisotopic (exact) mass is 252 g/mol. The van der Waals surface area contributed by atoms with E-state index in [-0.39, 0.29) is 5.56 Å². The number of nitrogens with one attached hydrogen (secondary N) is 1. The Bertz CT molecular complexity index is 478. The fourth-order valence-electron chi connectivity index (χ4n) is 2.22. The molecule has 2 N–H and O–H groups in total. The molecule has 1 heterocycles. The zero-order valence-corrected chi connectivity index (χ0v) is 9.60. The van der Waals surface area contributed by atoms with Crippen LogP contribution in [0.3, 0.4) is 0 Å². The summed E-state index contributed by atoms with van der Waals surface area (Å²) in [4.78, 5) is 26.4. The predicted octanol–water partition coefficient (Wildman–Crippen LogP) is 1.20. The lowest BCUT2D eigenvalue weighted by Crippen LogP contribution is -2.40. The maximum atomic E-state index is 12.9. The predicted molar refractivity (Wildman–Crippen MR) is 60.4 cm³/mol. The molecule has 1 saturated carbocycles. The molecule has 1 aromatic rings. The maximum Gasteiger partial charge on any atom is 0.308 e. The molecule has 1 amide bonds. The average molecular weight is 252 g/mol. The topological polar surface area (TPSA) is 79.3 Å². The van der Waals surface area contributed by atoms with Crippen molar-refractivity contribution in [3.63, 3.8) is 0 Å². The summed E-state index contributed by atoms with van der Waals surface area (Å²) in [5, 5.41) is 11.6. The van der Waals surface area contributed by atoms with Gasteiger partial charge >= 0.3 is 5.97 Å². The van der Waals surface area contributed by atoms with Gasteiger partial charge in [-0.3, -0.25) is 14.6 Å². The second-order valence-corrected chi connectivity index (χ2v) is 4.35. The first-order valence-electron chi connectivity index (χ1n) is 5.72. The lowest BCUT2D eigenvalue weighted by atomic mass is 10.0. The van der Waals surface area contributed by atoms with Crippen molar-refractivity contribution in [1.82, 2.24) is 10.3 Å². The standard InChI is InChI=1S/C12H13FN2O3/c13-8-4-7(5-14-6-8)11(16)15-10-3-1-2-9(10)12(17)18/h4-6,9-10H,1-3H2,(H,15,16)(H,17,18)/t9-,10+/m1/s1. The van der Waals surface area contributed by atoms with Gasteiger partial charge < -0.3 is 10.4 Å². The van der Waals surface area contributed by atoms with Gasteiger partial charge in [0.25, 0.3) is 5.91 Å². The molecule has 0 bridgehead atoms. The minimum absolute atomic E-state index is 0.103. The van der Waals surface area contributed by atoms with E-state index in [9.17, 15) is 14.0 Å². The molecule has 1 aliphatic carbocycles. The van der Waals surface area contributed by atoms with Crippen LogP contribution in [0, 0.1) is 11.7 Å². The molecule has 0 spiro atoms. The minimum Gasteiger partial charge on any atom is -0.481 e. The normalized spacial score (nSPS) is 22.7. The molecule has 0 aromatic carbocycles. The second-order valence-electron chi connectivity index (χ2n) is 4.35. The van der Waals surface area contributed by atoms with Crippen molar-refractivity contribution < 1.29 is 19.1 Å². The summed E-state index contributed by atoms with van der Waals surface area (Å²) in [5.74, 6) is -2.55. The fraction of sp³-hybridized carbons (Fsp3) is 0.417. The summed E-state index contributed by atoms with van der Waals surface area (Å²) in [6, 6.07) is 0.686. The van der Waals surface area contributed by atoms with Gasteiger partial charge in [-0.1, -0.05) is 6.42 Å². The number of aliphatic carboxylic acids is 1. The number of rotatable bonds is 3. The van der Waals surface area contributed by atoms with Gasteiger partial charge in [0.2, 0.25) is 0 Å². The number of pyridine rings is 1. The molecule has 0 unspecified atom stereocenters. The van der Waals surface area contributed by atoms with E-state index in [2.05, 4.69) is 10.3 Å². The highest BCUT2D eigenvalue weighted by atomic mass is 19.1. The summed E-state index contributed by atoms with van der Waals surface area (Å²) in [6.45, 7) is 0. The summed E-state index contributed by atoms with van der Waals surface area (Å²) in [5.41, 5.74) is 0.103. The van der Waals surface area contributed by atoms with Crippen LogP contribution in [-0.4, -0.2) is 28.0 Å². The summed E-state index contributed by atoms with van der Waals surface area (Å²) < 4.78 is 12.9. The summed E-state index contributed by atoms with van der Waals surface area (Å²) >= 11 is 0. The van der Waals surface area contributed by atoms with E-state index >= 15 is 0 Å². The largest absolute Gasteiger partial charge is 0.481 e. The Kier molecular flexibility index (Phi) is 3.55. The minimum atomic E-state index is -0.907. The zero-order chi connectivity index (χ0) is 13.1. The summed E-state index contributed by atoms with van der Waals surface area (Å²) in [6.07, 6.45) is 4.21.